The highest BCUT2D eigenvalue weighted by Crippen LogP contribution is 2.29. The van der Waals surface area contributed by atoms with Crippen LogP contribution in [0.15, 0.2) is 35.4 Å². The van der Waals surface area contributed by atoms with Crippen LogP contribution in [0.2, 0.25) is 0 Å². The van der Waals surface area contributed by atoms with Crippen molar-refractivity contribution in [2.45, 2.75) is 13.8 Å². The third kappa shape index (κ3) is 2.40. The minimum atomic E-state index is -0.179. The topological polar surface area (TPSA) is 56.2 Å². The van der Waals surface area contributed by atoms with E-state index in [1.807, 2.05) is 26.0 Å². The van der Waals surface area contributed by atoms with Crippen molar-refractivity contribution in [2.24, 2.45) is 0 Å². The van der Waals surface area contributed by atoms with Crippen LogP contribution in [0, 0.1) is 0 Å². The number of ether oxygens (including phenoxy) is 2. The molecule has 2 rings (SSSR count). The molecule has 0 aliphatic rings. The highest BCUT2D eigenvalue weighted by atomic mass is 16.5. The Morgan fingerprint density at radius 1 is 1.17 bits per heavy atom. The fourth-order valence-corrected chi connectivity index (χ4v) is 1.71. The molecule has 96 valence electrons. The number of nitrogens with zero attached hydrogens (tertiary/aromatic N) is 1. The van der Waals surface area contributed by atoms with E-state index in [1.165, 1.54) is 4.57 Å². The Hall–Kier alpha value is -2.17. The Labute approximate surface area is 105 Å². The summed E-state index contributed by atoms with van der Waals surface area (Å²) in [6.45, 7) is 4.94. The monoisotopic (exact) mass is 248 g/mol. The van der Waals surface area contributed by atoms with Crippen molar-refractivity contribution in [1.82, 2.24) is 9.55 Å². The maximum Gasteiger partial charge on any atom is 0.330 e. The summed E-state index contributed by atoms with van der Waals surface area (Å²) in [5, 5.41) is 0. The van der Waals surface area contributed by atoms with Crippen LogP contribution < -0.4 is 15.2 Å². The van der Waals surface area contributed by atoms with Crippen molar-refractivity contribution >= 4 is 0 Å². The summed E-state index contributed by atoms with van der Waals surface area (Å²) in [5.41, 5.74) is 0.565. The molecule has 0 fully saturated rings. The van der Waals surface area contributed by atoms with E-state index in [2.05, 4.69) is 4.98 Å². The molecule has 0 spiro atoms. The van der Waals surface area contributed by atoms with Gasteiger partial charge in [0.2, 0.25) is 0 Å². The standard InChI is InChI=1S/C13H16N2O3/c1-3-17-11-6-5-10(9-12(11)18-4-2)15-8-7-14-13(15)16/h5-9H,3-4H2,1-2H3,(H,14,16). The van der Waals surface area contributed by atoms with Gasteiger partial charge in [-0.05, 0) is 26.0 Å². The van der Waals surface area contributed by atoms with E-state index in [4.69, 9.17) is 9.47 Å². The van der Waals surface area contributed by atoms with E-state index in [0.717, 1.165) is 5.69 Å². The molecule has 1 N–H and O–H groups in total. The number of nitrogens with one attached hydrogen (secondary N) is 1. The summed E-state index contributed by atoms with van der Waals surface area (Å²) in [5.74, 6) is 1.33. The first-order valence-electron chi connectivity index (χ1n) is 5.92. The lowest BCUT2D eigenvalue weighted by atomic mass is 10.2. The molecular weight excluding hydrogens is 232 g/mol. The molecule has 2 aromatic rings. The van der Waals surface area contributed by atoms with Crippen LogP contribution in [-0.4, -0.2) is 22.8 Å². The van der Waals surface area contributed by atoms with Crippen molar-refractivity contribution in [3.8, 4) is 17.2 Å². The summed E-state index contributed by atoms with van der Waals surface area (Å²) >= 11 is 0. The number of H-pyrrole nitrogens is 1. The second-order valence-electron chi connectivity index (χ2n) is 3.63. The number of rotatable bonds is 5. The molecule has 0 saturated carbocycles. The van der Waals surface area contributed by atoms with E-state index in [-0.39, 0.29) is 5.69 Å². The van der Waals surface area contributed by atoms with Crippen molar-refractivity contribution in [2.75, 3.05) is 13.2 Å². The van der Waals surface area contributed by atoms with Gasteiger partial charge < -0.3 is 14.5 Å². The lowest BCUT2D eigenvalue weighted by molar-refractivity contribution is 0.287. The molecule has 1 aromatic carbocycles. The maximum absolute atomic E-state index is 11.5. The third-order valence-corrected chi connectivity index (χ3v) is 2.45. The Morgan fingerprint density at radius 3 is 2.50 bits per heavy atom. The summed E-state index contributed by atoms with van der Waals surface area (Å²) in [7, 11) is 0. The second kappa shape index (κ2) is 5.44. The Morgan fingerprint density at radius 2 is 1.89 bits per heavy atom. The third-order valence-electron chi connectivity index (χ3n) is 2.45. The largest absolute Gasteiger partial charge is 0.490 e. The van der Waals surface area contributed by atoms with Gasteiger partial charge in [0.05, 0.1) is 18.9 Å². The molecule has 0 aliphatic heterocycles. The number of aromatic amines is 1. The van der Waals surface area contributed by atoms with Gasteiger partial charge in [0.25, 0.3) is 0 Å². The van der Waals surface area contributed by atoms with E-state index < -0.39 is 0 Å². The van der Waals surface area contributed by atoms with Gasteiger partial charge in [0.15, 0.2) is 11.5 Å². The van der Waals surface area contributed by atoms with Crippen LogP contribution in [-0.2, 0) is 0 Å². The maximum atomic E-state index is 11.5. The van der Waals surface area contributed by atoms with Crippen LogP contribution in [0.1, 0.15) is 13.8 Å². The SMILES string of the molecule is CCOc1ccc(-n2cc[nH]c2=O)cc1OCC. The van der Waals surface area contributed by atoms with Crippen LogP contribution in [0.3, 0.4) is 0 Å². The molecule has 18 heavy (non-hydrogen) atoms. The first-order chi connectivity index (χ1) is 8.76. The summed E-state index contributed by atoms with van der Waals surface area (Å²) < 4.78 is 12.5. The van der Waals surface area contributed by atoms with Crippen LogP contribution in [0.5, 0.6) is 11.5 Å². The number of benzene rings is 1. The summed E-state index contributed by atoms with van der Waals surface area (Å²) in [4.78, 5) is 14.1. The second-order valence-corrected chi connectivity index (χ2v) is 3.63. The van der Waals surface area contributed by atoms with Crippen molar-refractivity contribution in [3.05, 3.63) is 41.1 Å². The lowest BCUT2D eigenvalue weighted by Crippen LogP contribution is -2.14. The normalized spacial score (nSPS) is 10.3. The molecular formula is C13H16N2O3. The minimum absolute atomic E-state index is 0.179. The highest BCUT2D eigenvalue weighted by Gasteiger charge is 2.08. The average Bonchev–Trinajstić information content (AvgIpc) is 2.78. The molecule has 1 heterocycles. The van der Waals surface area contributed by atoms with Gasteiger partial charge in [-0.15, -0.1) is 0 Å². The number of aromatic nitrogens is 2. The van der Waals surface area contributed by atoms with Crippen molar-refractivity contribution < 1.29 is 9.47 Å². The smallest absolute Gasteiger partial charge is 0.330 e. The van der Waals surface area contributed by atoms with Crippen LogP contribution >= 0.6 is 0 Å². The Kier molecular flexibility index (Phi) is 3.72. The predicted octanol–water partition coefficient (Wildman–Crippen LogP) is 1.96. The molecule has 5 nitrogen and oxygen atoms in total. The van der Waals surface area contributed by atoms with Gasteiger partial charge in [0, 0.05) is 18.5 Å². The van der Waals surface area contributed by atoms with E-state index >= 15 is 0 Å². The molecule has 0 radical (unpaired) electrons. The van der Waals surface area contributed by atoms with Crippen molar-refractivity contribution in [1.29, 1.82) is 0 Å². The van der Waals surface area contributed by atoms with Gasteiger partial charge in [-0.2, -0.15) is 0 Å². The molecule has 0 aliphatic carbocycles. The van der Waals surface area contributed by atoms with Gasteiger partial charge in [0.1, 0.15) is 0 Å². The summed E-state index contributed by atoms with van der Waals surface area (Å²) in [6.07, 6.45) is 3.27. The van der Waals surface area contributed by atoms with Gasteiger partial charge in [-0.3, -0.25) is 4.57 Å². The molecule has 1 aromatic heterocycles. The van der Waals surface area contributed by atoms with Gasteiger partial charge in [-0.25, -0.2) is 4.79 Å². The van der Waals surface area contributed by atoms with Gasteiger partial charge >= 0.3 is 5.69 Å². The van der Waals surface area contributed by atoms with E-state index in [0.29, 0.717) is 24.7 Å². The zero-order valence-corrected chi connectivity index (χ0v) is 10.5. The minimum Gasteiger partial charge on any atom is -0.490 e. The predicted molar refractivity (Wildman–Crippen MR) is 68.7 cm³/mol. The molecule has 0 atom stereocenters. The lowest BCUT2D eigenvalue weighted by Gasteiger charge is -2.12. The quantitative estimate of drug-likeness (QED) is 0.880. The van der Waals surface area contributed by atoms with Crippen LogP contribution in [0.4, 0.5) is 0 Å². The number of imidazole rings is 1. The first kappa shape index (κ1) is 12.3. The van der Waals surface area contributed by atoms with E-state index in [1.54, 1.807) is 18.5 Å². The van der Waals surface area contributed by atoms with E-state index in [9.17, 15) is 4.79 Å². The molecule has 0 unspecified atom stereocenters. The fourth-order valence-electron chi connectivity index (χ4n) is 1.71. The molecule has 0 amide bonds. The fraction of sp³-hybridized carbons (Fsp3) is 0.308. The number of hydrogen-bond acceptors (Lipinski definition) is 3. The zero-order valence-electron chi connectivity index (χ0n) is 10.5. The van der Waals surface area contributed by atoms with Crippen molar-refractivity contribution in [3.63, 3.8) is 0 Å². The zero-order chi connectivity index (χ0) is 13.0. The molecule has 0 bridgehead atoms. The highest BCUT2D eigenvalue weighted by molar-refractivity contribution is 5.48. The van der Waals surface area contributed by atoms with Gasteiger partial charge in [-0.1, -0.05) is 0 Å². The first-order valence-corrected chi connectivity index (χ1v) is 5.92. The Balaban J connectivity index is 2.42. The number of hydrogen-bond donors (Lipinski definition) is 1. The molecule has 5 heteroatoms. The molecule has 0 saturated heterocycles. The summed E-state index contributed by atoms with van der Waals surface area (Å²) in [6, 6.07) is 5.43. The van der Waals surface area contributed by atoms with Crippen LogP contribution in [0.25, 0.3) is 5.69 Å². The average molecular weight is 248 g/mol. The Bertz CT molecular complexity index is 572.